The molecule has 4 aromatic rings. The van der Waals surface area contributed by atoms with Gasteiger partial charge in [0.1, 0.15) is 11.9 Å². The summed E-state index contributed by atoms with van der Waals surface area (Å²) in [4.78, 5) is 43.0. The normalized spacial score (nSPS) is 17.1. The lowest BCUT2D eigenvalue weighted by atomic mass is 9.99. The molecule has 0 saturated heterocycles. The zero-order valence-corrected chi connectivity index (χ0v) is 25.2. The molecule has 3 N–H and O–H groups in total. The molecule has 3 atom stereocenters. The number of nitrogens with zero attached hydrogens (tertiary/aromatic N) is 2. The summed E-state index contributed by atoms with van der Waals surface area (Å²) in [6.07, 6.45) is -0.264. The van der Waals surface area contributed by atoms with Crippen LogP contribution in [0.5, 0.6) is 5.75 Å². The standard InChI is InChI=1S/C35H38N4O5/c1-23-20-39(24(2)22-40)34(42)29-19-27(36-33(41)18-25-10-5-4-6-11-25)16-17-31(29)44-32(23)21-38(3)35(43)37-30-15-9-13-26-12-7-8-14-28(26)30/h4-17,19,23-24,32,40H,18,20-22H2,1-3H3,(H,36,41)(H,37,43)/t23-,24-,32+/m0/s1. The van der Waals surface area contributed by atoms with Gasteiger partial charge >= 0.3 is 6.03 Å². The van der Waals surface area contributed by atoms with Crippen molar-refractivity contribution in [1.82, 2.24) is 9.80 Å². The molecule has 228 valence electrons. The van der Waals surface area contributed by atoms with Gasteiger partial charge in [-0.1, -0.05) is 73.7 Å². The lowest BCUT2D eigenvalue weighted by molar-refractivity contribution is -0.115. The third-order valence-corrected chi connectivity index (χ3v) is 7.99. The van der Waals surface area contributed by atoms with Crippen LogP contribution in [0.2, 0.25) is 0 Å². The Bertz CT molecular complexity index is 1640. The molecule has 44 heavy (non-hydrogen) atoms. The second-order valence-electron chi connectivity index (χ2n) is 11.4. The second kappa shape index (κ2) is 13.6. The summed E-state index contributed by atoms with van der Waals surface area (Å²) >= 11 is 0. The number of hydrogen-bond donors (Lipinski definition) is 3. The Hall–Kier alpha value is -4.89. The Morgan fingerprint density at radius 3 is 2.50 bits per heavy atom. The lowest BCUT2D eigenvalue weighted by Crippen LogP contribution is -2.50. The van der Waals surface area contributed by atoms with E-state index < -0.39 is 12.1 Å². The number of benzene rings is 4. The number of anilines is 2. The summed E-state index contributed by atoms with van der Waals surface area (Å²) < 4.78 is 6.43. The molecule has 1 aliphatic heterocycles. The Morgan fingerprint density at radius 1 is 1.00 bits per heavy atom. The summed E-state index contributed by atoms with van der Waals surface area (Å²) in [5.74, 6) is -0.320. The fraction of sp³-hybridized carbons (Fsp3) is 0.286. The van der Waals surface area contributed by atoms with Crippen molar-refractivity contribution in [2.24, 2.45) is 5.92 Å². The molecule has 9 nitrogen and oxygen atoms in total. The van der Waals surface area contributed by atoms with E-state index in [1.165, 1.54) is 0 Å². The van der Waals surface area contributed by atoms with Crippen LogP contribution in [0.3, 0.4) is 0 Å². The van der Waals surface area contributed by atoms with Gasteiger partial charge < -0.3 is 30.3 Å². The smallest absolute Gasteiger partial charge is 0.321 e. The van der Waals surface area contributed by atoms with E-state index in [0.29, 0.717) is 23.7 Å². The molecule has 0 saturated carbocycles. The number of urea groups is 1. The van der Waals surface area contributed by atoms with Crippen LogP contribution in [0.1, 0.15) is 29.8 Å². The van der Waals surface area contributed by atoms with E-state index >= 15 is 0 Å². The highest BCUT2D eigenvalue weighted by atomic mass is 16.5. The maximum Gasteiger partial charge on any atom is 0.321 e. The van der Waals surface area contributed by atoms with Crippen molar-refractivity contribution < 1.29 is 24.2 Å². The van der Waals surface area contributed by atoms with Crippen molar-refractivity contribution in [3.8, 4) is 5.75 Å². The topological polar surface area (TPSA) is 111 Å². The Balaban J connectivity index is 1.36. The summed E-state index contributed by atoms with van der Waals surface area (Å²) in [7, 11) is 1.71. The molecule has 0 radical (unpaired) electrons. The minimum Gasteiger partial charge on any atom is -0.487 e. The summed E-state index contributed by atoms with van der Waals surface area (Å²) in [6, 6.07) is 27.3. The summed E-state index contributed by atoms with van der Waals surface area (Å²) in [5.41, 5.74) is 2.34. The maximum absolute atomic E-state index is 13.8. The first-order valence-electron chi connectivity index (χ1n) is 14.8. The number of hydrogen-bond acceptors (Lipinski definition) is 5. The van der Waals surface area contributed by atoms with Crippen LogP contribution in [-0.4, -0.2) is 71.6 Å². The molecule has 0 aromatic heterocycles. The number of amides is 4. The molecule has 1 aliphatic rings. The molecular formula is C35H38N4O5. The molecule has 0 unspecified atom stereocenters. The van der Waals surface area contributed by atoms with Gasteiger partial charge in [0.15, 0.2) is 0 Å². The first-order valence-corrected chi connectivity index (χ1v) is 14.8. The van der Waals surface area contributed by atoms with E-state index in [9.17, 15) is 19.5 Å². The van der Waals surface area contributed by atoms with E-state index in [-0.39, 0.29) is 48.9 Å². The summed E-state index contributed by atoms with van der Waals surface area (Å²) in [5, 5.41) is 17.8. The van der Waals surface area contributed by atoms with Crippen LogP contribution in [0.15, 0.2) is 91.0 Å². The van der Waals surface area contributed by atoms with E-state index in [1.54, 1.807) is 42.0 Å². The van der Waals surface area contributed by atoms with E-state index in [4.69, 9.17) is 4.74 Å². The number of rotatable bonds is 8. The lowest BCUT2D eigenvalue weighted by Gasteiger charge is -2.38. The summed E-state index contributed by atoms with van der Waals surface area (Å²) in [6.45, 7) is 4.11. The first-order chi connectivity index (χ1) is 21.2. The van der Waals surface area contributed by atoms with E-state index in [2.05, 4.69) is 10.6 Å². The predicted molar refractivity (Wildman–Crippen MR) is 172 cm³/mol. The van der Waals surface area contributed by atoms with Crippen LogP contribution in [-0.2, 0) is 11.2 Å². The molecule has 4 aromatic carbocycles. The Kier molecular flexibility index (Phi) is 9.45. The zero-order chi connectivity index (χ0) is 31.2. The minimum atomic E-state index is -0.461. The van der Waals surface area contributed by atoms with Crippen LogP contribution >= 0.6 is 0 Å². The minimum absolute atomic E-state index is 0.167. The number of likely N-dealkylation sites (N-methyl/N-ethyl adjacent to an activating group) is 1. The third kappa shape index (κ3) is 7.01. The van der Waals surface area contributed by atoms with Gasteiger partial charge in [0.2, 0.25) is 5.91 Å². The van der Waals surface area contributed by atoms with Crippen molar-refractivity contribution >= 4 is 40.0 Å². The van der Waals surface area contributed by atoms with Crippen LogP contribution in [0.25, 0.3) is 10.8 Å². The molecule has 9 heteroatoms. The van der Waals surface area contributed by atoms with Crippen molar-refractivity contribution in [2.75, 3.05) is 37.4 Å². The van der Waals surface area contributed by atoms with Gasteiger partial charge in [-0.25, -0.2) is 4.79 Å². The van der Waals surface area contributed by atoms with Crippen molar-refractivity contribution in [3.05, 3.63) is 102 Å². The maximum atomic E-state index is 13.8. The fourth-order valence-electron chi connectivity index (χ4n) is 5.40. The molecule has 0 bridgehead atoms. The number of fused-ring (bicyclic) bond motifs is 2. The Morgan fingerprint density at radius 2 is 1.73 bits per heavy atom. The number of aliphatic hydroxyl groups excluding tert-OH is 1. The molecule has 4 amide bonds. The second-order valence-corrected chi connectivity index (χ2v) is 11.4. The van der Waals surface area contributed by atoms with Gasteiger partial charge in [0, 0.05) is 30.6 Å². The molecular weight excluding hydrogens is 556 g/mol. The van der Waals surface area contributed by atoms with Crippen molar-refractivity contribution in [3.63, 3.8) is 0 Å². The number of ether oxygens (including phenoxy) is 1. The monoisotopic (exact) mass is 594 g/mol. The zero-order valence-electron chi connectivity index (χ0n) is 25.2. The number of carbonyl (C=O) groups excluding carboxylic acids is 3. The number of aliphatic hydroxyl groups is 1. The van der Waals surface area contributed by atoms with Gasteiger partial charge in [-0.3, -0.25) is 9.59 Å². The van der Waals surface area contributed by atoms with Gasteiger partial charge in [-0.05, 0) is 42.1 Å². The van der Waals surface area contributed by atoms with Crippen LogP contribution in [0.4, 0.5) is 16.2 Å². The molecule has 0 spiro atoms. The average molecular weight is 595 g/mol. The highest BCUT2D eigenvalue weighted by molar-refractivity contribution is 6.02. The molecule has 0 fully saturated rings. The van der Waals surface area contributed by atoms with Crippen molar-refractivity contribution in [1.29, 1.82) is 0 Å². The van der Waals surface area contributed by atoms with Gasteiger partial charge in [0.25, 0.3) is 5.91 Å². The number of nitrogens with one attached hydrogen (secondary N) is 2. The van der Waals surface area contributed by atoms with Gasteiger partial charge in [0.05, 0.1) is 36.9 Å². The molecule has 1 heterocycles. The third-order valence-electron chi connectivity index (χ3n) is 7.99. The average Bonchev–Trinajstić information content (AvgIpc) is 3.03. The largest absolute Gasteiger partial charge is 0.487 e. The Labute approximate surface area is 257 Å². The van der Waals surface area contributed by atoms with Gasteiger partial charge in [-0.2, -0.15) is 0 Å². The fourth-order valence-corrected chi connectivity index (χ4v) is 5.40. The first kappa shape index (κ1) is 30.6. The van der Waals surface area contributed by atoms with E-state index in [0.717, 1.165) is 16.3 Å². The van der Waals surface area contributed by atoms with Crippen molar-refractivity contribution in [2.45, 2.75) is 32.4 Å². The molecule has 5 rings (SSSR count). The SMILES string of the molecule is C[C@H]1CN([C@@H](C)CO)C(=O)c2cc(NC(=O)Cc3ccccc3)ccc2O[C@@H]1CN(C)C(=O)Nc1cccc2ccccc12. The highest BCUT2D eigenvalue weighted by Crippen LogP contribution is 2.31. The predicted octanol–water partition coefficient (Wildman–Crippen LogP) is 5.41. The van der Waals surface area contributed by atoms with Crippen LogP contribution < -0.4 is 15.4 Å². The quantitative estimate of drug-likeness (QED) is 0.253. The van der Waals surface area contributed by atoms with Crippen LogP contribution in [0, 0.1) is 5.92 Å². The number of carbonyl (C=O) groups is 3. The van der Waals surface area contributed by atoms with E-state index in [1.807, 2.05) is 79.7 Å². The highest BCUT2D eigenvalue weighted by Gasteiger charge is 2.34. The van der Waals surface area contributed by atoms with Gasteiger partial charge in [-0.15, -0.1) is 0 Å². The molecule has 0 aliphatic carbocycles.